The van der Waals surface area contributed by atoms with Gasteiger partial charge in [-0.05, 0) is 34.5 Å². The van der Waals surface area contributed by atoms with Crippen LogP contribution in [0.2, 0.25) is 0 Å². The van der Waals surface area contributed by atoms with Crippen molar-refractivity contribution in [2.75, 3.05) is 0 Å². The maximum Gasteiger partial charge on any atom is 0.145 e. The summed E-state index contributed by atoms with van der Waals surface area (Å²) in [5.74, 6) is -1.14. The molecule has 0 saturated heterocycles. The molecule has 0 aliphatic carbocycles. The van der Waals surface area contributed by atoms with E-state index in [0.717, 1.165) is 12.1 Å². The van der Waals surface area contributed by atoms with Gasteiger partial charge in [0.25, 0.3) is 0 Å². The van der Waals surface area contributed by atoms with Gasteiger partial charge in [0.1, 0.15) is 11.6 Å². The van der Waals surface area contributed by atoms with Crippen molar-refractivity contribution in [1.82, 2.24) is 9.55 Å². The summed E-state index contributed by atoms with van der Waals surface area (Å²) in [5.41, 5.74) is 6.71. The highest BCUT2D eigenvalue weighted by Gasteiger charge is 2.13. The number of rotatable bonds is 5. The Morgan fingerprint density at radius 2 is 2.15 bits per heavy atom. The zero-order valence-corrected chi connectivity index (χ0v) is 12.7. The molecule has 1 unspecified atom stereocenters. The van der Waals surface area contributed by atoms with E-state index in [0.29, 0.717) is 6.42 Å². The van der Waals surface area contributed by atoms with E-state index in [1.54, 1.807) is 17.1 Å². The molecular formula is C14H16BrF2N3. The van der Waals surface area contributed by atoms with Crippen molar-refractivity contribution in [3.05, 3.63) is 52.0 Å². The van der Waals surface area contributed by atoms with Crippen molar-refractivity contribution in [2.24, 2.45) is 5.73 Å². The predicted octanol–water partition coefficient (Wildman–Crippen LogP) is 3.25. The van der Waals surface area contributed by atoms with E-state index in [4.69, 9.17) is 5.73 Å². The minimum absolute atomic E-state index is 0.0168. The van der Waals surface area contributed by atoms with Crippen LogP contribution in [-0.2, 0) is 13.0 Å². The molecule has 108 valence electrons. The van der Waals surface area contributed by atoms with Gasteiger partial charge in [-0.25, -0.2) is 13.8 Å². The summed E-state index contributed by atoms with van der Waals surface area (Å²) in [6.07, 6.45) is 4.86. The normalized spacial score (nSPS) is 12.7. The van der Waals surface area contributed by atoms with Gasteiger partial charge < -0.3 is 10.3 Å². The third-order valence-electron chi connectivity index (χ3n) is 3.16. The molecule has 1 aromatic carbocycles. The molecule has 2 aromatic rings. The lowest BCUT2D eigenvalue weighted by atomic mass is 10.1. The maximum atomic E-state index is 13.9. The molecule has 6 heteroatoms. The van der Waals surface area contributed by atoms with Crippen LogP contribution >= 0.6 is 15.9 Å². The van der Waals surface area contributed by atoms with E-state index in [-0.39, 0.29) is 22.6 Å². The van der Waals surface area contributed by atoms with Crippen LogP contribution in [0.4, 0.5) is 8.78 Å². The molecule has 0 bridgehead atoms. The molecule has 0 fully saturated rings. The van der Waals surface area contributed by atoms with Crippen LogP contribution in [0.15, 0.2) is 29.1 Å². The minimum atomic E-state index is -0.578. The molecule has 0 spiro atoms. The fourth-order valence-electron chi connectivity index (χ4n) is 1.91. The largest absolute Gasteiger partial charge is 0.333 e. The molecule has 1 atom stereocenters. The van der Waals surface area contributed by atoms with Crippen molar-refractivity contribution >= 4 is 15.9 Å². The van der Waals surface area contributed by atoms with Crippen molar-refractivity contribution in [3.8, 4) is 0 Å². The molecule has 0 radical (unpaired) electrons. The summed E-state index contributed by atoms with van der Waals surface area (Å²) in [6.45, 7) is 2.11. The number of halogens is 3. The van der Waals surface area contributed by atoms with Gasteiger partial charge in [-0.3, -0.25) is 0 Å². The van der Waals surface area contributed by atoms with E-state index in [2.05, 4.69) is 20.9 Å². The number of nitrogens with zero attached hydrogens (tertiary/aromatic N) is 2. The zero-order chi connectivity index (χ0) is 14.7. The van der Waals surface area contributed by atoms with Gasteiger partial charge in [-0.1, -0.05) is 6.92 Å². The number of imidazole rings is 1. The minimum Gasteiger partial charge on any atom is -0.333 e. The highest BCUT2D eigenvalue weighted by molar-refractivity contribution is 9.10. The summed E-state index contributed by atoms with van der Waals surface area (Å²) in [7, 11) is 0. The van der Waals surface area contributed by atoms with Gasteiger partial charge >= 0.3 is 0 Å². The van der Waals surface area contributed by atoms with Crippen LogP contribution in [0.25, 0.3) is 0 Å². The highest BCUT2D eigenvalue weighted by atomic mass is 79.9. The number of hydrogen-bond donors (Lipinski definition) is 1. The van der Waals surface area contributed by atoms with E-state index >= 15 is 0 Å². The Bertz CT molecular complexity index is 598. The average molecular weight is 344 g/mol. The fraction of sp³-hybridized carbons (Fsp3) is 0.357. The summed E-state index contributed by atoms with van der Waals surface area (Å²) >= 11 is 3.06. The topological polar surface area (TPSA) is 43.8 Å². The second kappa shape index (κ2) is 6.45. The molecule has 1 heterocycles. The van der Waals surface area contributed by atoms with Crippen molar-refractivity contribution in [2.45, 2.75) is 32.4 Å². The van der Waals surface area contributed by atoms with Crippen LogP contribution in [0.1, 0.15) is 24.6 Å². The molecule has 0 saturated carbocycles. The molecule has 1 aromatic heterocycles. The first kappa shape index (κ1) is 15.1. The van der Waals surface area contributed by atoms with Gasteiger partial charge in [0.15, 0.2) is 0 Å². The third kappa shape index (κ3) is 3.43. The molecule has 0 aliphatic heterocycles. The second-order valence-electron chi connectivity index (χ2n) is 4.73. The SMILES string of the molecule is CCC(N)Cc1cn(Cc2c(F)ccc(Br)c2F)cn1. The highest BCUT2D eigenvalue weighted by Crippen LogP contribution is 2.22. The molecule has 0 aliphatic rings. The quantitative estimate of drug-likeness (QED) is 0.847. The monoisotopic (exact) mass is 343 g/mol. The van der Waals surface area contributed by atoms with Gasteiger partial charge in [0, 0.05) is 24.2 Å². The molecule has 2 N–H and O–H groups in total. The lowest BCUT2D eigenvalue weighted by Gasteiger charge is -2.07. The van der Waals surface area contributed by atoms with Gasteiger partial charge in [-0.2, -0.15) is 0 Å². The van der Waals surface area contributed by atoms with Crippen molar-refractivity contribution in [3.63, 3.8) is 0 Å². The predicted molar refractivity (Wildman–Crippen MR) is 77.4 cm³/mol. The molecule has 20 heavy (non-hydrogen) atoms. The lowest BCUT2D eigenvalue weighted by molar-refractivity contribution is 0.540. The number of aromatic nitrogens is 2. The smallest absolute Gasteiger partial charge is 0.145 e. The van der Waals surface area contributed by atoms with Gasteiger partial charge in [-0.15, -0.1) is 0 Å². The van der Waals surface area contributed by atoms with Crippen molar-refractivity contribution in [1.29, 1.82) is 0 Å². The number of hydrogen-bond acceptors (Lipinski definition) is 2. The lowest BCUT2D eigenvalue weighted by Crippen LogP contribution is -2.21. The Labute approximate surface area is 124 Å². The van der Waals surface area contributed by atoms with E-state index < -0.39 is 11.6 Å². The Kier molecular flexibility index (Phi) is 4.88. The molecule has 3 nitrogen and oxygen atoms in total. The maximum absolute atomic E-state index is 13.9. The van der Waals surface area contributed by atoms with Crippen LogP contribution in [0, 0.1) is 11.6 Å². The first-order valence-electron chi connectivity index (χ1n) is 6.39. The standard InChI is InChI=1S/C14H16BrF2N3/c1-2-9(18)5-10-6-20(8-19-10)7-11-13(16)4-3-12(15)14(11)17/h3-4,6,8-9H,2,5,7,18H2,1H3. The Balaban J connectivity index is 2.17. The average Bonchev–Trinajstić information content (AvgIpc) is 2.86. The third-order valence-corrected chi connectivity index (χ3v) is 3.77. The Morgan fingerprint density at radius 3 is 2.85 bits per heavy atom. The number of nitrogens with two attached hydrogens (primary N) is 1. The van der Waals surface area contributed by atoms with Crippen LogP contribution in [-0.4, -0.2) is 15.6 Å². The first-order valence-corrected chi connectivity index (χ1v) is 7.19. The van der Waals surface area contributed by atoms with E-state index in [9.17, 15) is 8.78 Å². The molecule has 0 amide bonds. The van der Waals surface area contributed by atoms with E-state index in [1.165, 1.54) is 12.1 Å². The second-order valence-corrected chi connectivity index (χ2v) is 5.59. The first-order chi connectivity index (χ1) is 9.51. The zero-order valence-electron chi connectivity index (χ0n) is 11.1. The van der Waals surface area contributed by atoms with Crippen LogP contribution in [0.5, 0.6) is 0 Å². The van der Waals surface area contributed by atoms with Crippen LogP contribution in [0.3, 0.4) is 0 Å². The number of benzene rings is 1. The fourth-order valence-corrected chi connectivity index (χ4v) is 2.28. The van der Waals surface area contributed by atoms with Crippen LogP contribution < -0.4 is 5.73 Å². The summed E-state index contributed by atoms with van der Waals surface area (Å²) in [5, 5.41) is 0. The summed E-state index contributed by atoms with van der Waals surface area (Å²) in [6, 6.07) is 2.65. The van der Waals surface area contributed by atoms with Crippen molar-refractivity contribution < 1.29 is 8.78 Å². The molecular weight excluding hydrogens is 328 g/mol. The van der Waals surface area contributed by atoms with E-state index in [1.807, 2.05) is 6.92 Å². The van der Waals surface area contributed by atoms with Gasteiger partial charge in [0.05, 0.1) is 23.0 Å². The Hall–Kier alpha value is -1.27. The van der Waals surface area contributed by atoms with Gasteiger partial charge in [0.2, 0.25) is 0 Å². The summed E-state index contributed by atoms with van der Waals surface area (Å²) in [4.78, 5) is 4.21. The summed E-state index contributed by atoms with van der Waals surface area (Å²) < 4.78 is 29.5. The Morgan fingerprint density at radius 1 is 1.40 bits per heavy atom. The molecule has 2 rings (SSSR count).